The average Bonchev–Trinajstić information content (AvgIpc) is 2.54. The monoisotopic (exact) mass is 314 g/mol. The van der Waals surface area contributed by atoms with Gasteiger partial charge in [0, 0.05) is 17.1 Å². The fraction of sp³-hybridized carbons (Fsp3) is 0.278. The molecule has 0 heterocycles. The molecule has 120 valence electrons. The van der Waals surface area contributed by atoms with Gasteiger partial charge in [0.05, 0.1) is 0 Å². The molecule has 2 rings (SSSR count). The van der Waals surface area contributed by atoms with Crippen molar-refractivity contribution in [1.29, 1.82) is 0 Å². The van der Waals surface area contributed by atoms with Crippen LogP contribution >= 0.6 is 0 Å². The molecule has 23 heavy (non-hydrogen) atoms. The van der Waals surface area contributed by atoms with Gasteiger partial charge < -0.3 is 10.2 Å². The average molecular weight is 314 g/mol. The molecule has 2 unspecified atom stereocenters. The van der Waals surface area contributed by atoms with Crippen LogP contribution in [0.5, 0.6) is 0 Å². The molecule has 1 aliphatic rings. The minimum Gasteiger partial charge on any atom is -0.480 e. The van der Waals surface area contributed by atoms with Crippen LogP contribution in [0.15, 0.2) is 48.1 Å². The lowest BCUT2D eigenvalue weighted by Crippen LogP contribution is -2.46. The van der Waals surface area contributed by atoms with Gasteiger partial charge in [-0.05, 0) is 12.0 Å². The van der Waals surface area contributed by atoms with Gasteiger partial charge in [0.1, 0.15) is 0 Å². The van der Waals surface area contributed by atoms with Gasteiger partial charge in [-0.1, -0.05) is 56.3 Å². The molecule has 5 heteroatoms. The second-order valence-electron chi connectivity index (χ2n) is 5.56. The molecule has 0 aliphatic heterocycles. The topological polar surface area (TPSA) is 91.7 Å². The Morgan fingerprint density at radius 3 is 2.22 bits per heavy atom. The van der Waals surface area contributed by atoms with Crippen LogP contribution in [0.2, 0.25) is 0 Å². The number of ketones is 1. The number of carboxylic acid groups (broad SMARTS) is 2. The van der Waals surface area contributed by atoms with Crippen LogP contribution in [-0.4, -0.2) is 27.9 Å². The number of rotatable bonds is 5. The van der Waals surface area contributed by atoms with Gasteiger partial charge in [0.15, 0.2) is 11.2 Å². The largest absolute Gasteiger partial charge is 0.480 e. The van der Waals surface area contributed by atoms with Gasteiger partial charge in [-0.15, -0.1) is 0 Å². The zero-order chi connectivity index (χ0) is 17.2. The first-order chi connectivity index (χ1) is 10.8. The molecule has 0 saturated carbocycles. The van der Waals surface area contributed by atoms with Crippen molar-refractivity contribution in [2.75, 3.05) is 0 Å². The molecule has 0 saturated heterocycles. The summed E-state index contributed by atoms with van der Waals surface area (Å²) in [5, 5.41) is 18.9. The Labute approximate surface area is 133 Å². The number of carbonyl (C=O) groups excluding carboxylic acids is 1. The molecule has 0 spiro atoms. The summed E-state index contributed by atoms with van der Waals surface area (Å²) in [5.41, 5.74) is -0.707. The molecule has 1 aliphatic carbocycles. The summed E-state index contributed by atoms with van der Waals surface area (Å²) in [6.45, 7) is 3.43. The Balaban J connectivity index is 2.51. The minimum absolute atomic E-state index is 0.0894. The van der Waals surface area contributed by atoms with E-state index in [2.05, 4.69) is 0 Å². The maximum absolute atomic E-state index is 12.9. The highest BCUT2D eigenvalue weighted by Crippen LogP contribution is 2.41. The second kappa shape index (κ2) is 6.20. The van der Waals surface area contributed by atoms with E-state index in [0.29, 0.717) is 0 Å². The van der Waals surface area contributed by atoms with E-state index < -0.39 is 29.1 Å². The van der Waals surface area contributed by atoms with Gasteiger partial charge in [-0.2, -0.15) is 0 Å². The van der Waals surface area contributed by atoms with Crippen LogP contribution < -0.4 is 0 Å². The summed E-state index contributed by atoms with van der Waals surface area (Å²) < 4.78 is 0. The van der Waals surface area contributed by atoms with Crippen molar-refractivity contribution in [2.45, 2.75) is 20.3 Å². The van der Waals surface area contributed by atoms with Gasteiger partial charge in [0.2, 0.25) is 0 Å². The predicted molar refractivity (Wildman–Crippen MR) is 84.2 cm³/mol. The van der Waals surface area contributed by atoms with Gasteiger partial charge in [0.25, 0.3) is 0 Å². The molecule has 2 atom stereocenters. The Morgan fingerprint density at radius 1 is 1.13 bits per heavy atom. The van der Waals surface area contributed by atoms with Crippen molar-refractivity contribution in [3.05, 3.63) is 59.2 Å². The van der Waals surface area contributed by atoms with Crippen molar-refractivity contribution in [2.24, 2.45) is 11.3 Å². The smallest absolute Gasteiger partial charge is 0.331 e. The fourth-order valence-electron chi connectivity index (χ4n) is 2.85. The summed E-state index contributed by atoms with van der Waals surface area (Å²) in [4.78, 5) is 36.1. The zero-order valence-electron chi connectivity index (χ0n) is 12.9. The molecule has 2 N–H and O–H groups in total. The number of allylic oxidation sites excluding steroid dienone is 2. The summed E-state index contributed by atoms with van der Waals surface area (Å²) in [5.74, 6) is -4.15. The number of hydrogen-bond donors (Lipinski definition) is 2. The third kappa shape index (κ3) is 2.70. The molecule has 1 aromatic rings. The highest BCUT2D eigenvalue weighted by atomic mass is 16.4. The number of benzene rings is 1. The number of carbonyl (C=O) groups is 3. The molecular weight excluding hydrogens is 296 g/mol. The highest BCUT2D eigenvalue weighted by Gasteiger charge is 2.52. The molecule has 5 nitrogen and oxygen atoms in total. The van der Waals surface area contributed by atoms with Crippen LogP contribution in [0, 0.1) is 11.3 Å². The highest BCUT2D eigenvalue weighted by molar-refractivity contribution is 6.15. The molecular formula is C18H18O5. The standard InChI is InChI=1S/C18H18O5/c1-3-12-6-8-13(9-7-12)15(19)18(17(22)23)10-4-5-14(11(18)2)16(20)21/h4-11H,3H2,1-2H3,(H,20,21)(H,22,23). The quantitative estimate of drug-likeness (QED) is 0.644. The Hall–Kier alpha value is -2.69. The van der Waals surface area contributed by atoms with Crippen molar-refractivity contribution < 1.29 is 24.6 Å². The second-order valence-corrected chi connectivity index (χ2v) is 5.56. The zero-order valence-corrected chi connectivity index (χ0v) is 12.9. The summed E-state index contributed by atoms with van der Waals surface area (Å²) in [6.07, 6.45) is 4.75. The van der Waals surface area contributed by atoms with Crippen LogP contribution in [-0.2, 0) is 16.0 Å². The van der Waals surface area contributed by atoms with E-state index in [1.54, 1.807) is 24.3 Å². The third-order valence-electron chi connectivity index (χ3n) is 4.39. The molecule has 0 bridgehead atoms. The van der Waals surface area contributed by atoms with E-state index in [-0.39, 0.29) is 11.1 Å². The first-order valence-electron chi connectivity index (χ1n) is 7.34. The van der Waals surface area contributed by atoms with Crippen LogP contribution in [0.4, 0.5) is 0 Å². The molecule has 0 aromatic heterocycles. The first kappa shape index (κ1) is 16.7. The first-order valence-corrected chi connectivity index (χ1v) is 7.34. The number of hydrogen-bond acceptors (Lipinski definition) is 3. The normalized spacial score (nSPS) is 23.2. The summed E-state index contributed by atoms with van der Waals surface area (Å²) in [6, 6.07) is 6.72. The van der Waals surface area contributed by atoms with Crippen molar-refractivity contribution in [3.63, 3.8) is 0 Å². The maximum Gasteiger partial charge on any atom is 0.331 e. The Morgan fingerprint density at radius 2 is 1.74 bits per heavy atom. The molecule has 1 aromatic carbocycles. The maximum atomic E-state index is 12.9. The van der Waals surface area contributed by atoms with E-state index in [9.17, 15) is 24.6 Å². The predicted octanol–water partition coefficient (Wildman–Crippen LogP) is 2.72. The van der Waals surface area contributed by atoms with Crippen molar-refractivity contribution >= 4 is 17.7 Å². The van der Waals surface area contributed by atoms with Crippen molar-refractivity contribution in [1.82, 2.24) is 0 Å². The van der Waals surface area contributed by atoms with E-state index >= 15 is 0 Å². The van der Waals surface area contributed by atoms with Crippen LogP contribution in [0.25, 0.3) is 0 Å². The SMILES string of the molecule is CCc1ccc(C(=O)C2(C(=O)O)C=CC=C(C(=O)O)C2C)cc1. The molecule has 0 amide bonds. The lowest BCUT2D eigenvalue weighted by Gasteiger charge is -2.33. The van der Waals surface area contributed by atoms with Gasteiger partial charge in [-0.25, -0.2) is 4.79 Å². The summed E-state index contributed by atoms with van der Waals surface area (Å²) >= 11 is 0. The van der Waals surface area contributed by atoms with E-state index in [1.807, 2.05) is 6.92 Å². The lowest BCUT2D eigenvalue weighted by molar-refractivity contribution is -0.145. The fourth-order valence-corrected chi connectivity index (χ4v) is 2.85. The van der Waals surface area contributed by atoms with Gasteiger partial charge >= 0.3 is 11.9 Å². The number of aliphatic carboxylic acids is 2. The number of aryl methyl sites for hydroxylation is 1. The van der Waals surface area contributed by atoms with Crippen molar-refractivity contribution in [3.8, 4) is 0 Å². The molecule has 0 radical (unpaired) electrons. The molecule has 0 fully saturated rings. The number of carboxylic acids is 2. The van der Waals surface area contributed by atoms with E-state index in [0.717, 1.165) is 12.0 Å². The minimum atomic E-state index is -1.91. The van der Waals surface area contributed by atoms with Crippen LogP contribution in [0.3, 0.4) is 0 Å². The van der Waals surface area contributed by atoms with Crippen LogP contribution in [0.1, 0.15) is 29.8 Å². The Bertz CT molecular complexity index is 711. The Kier molecular flexibility index (Phi) is 4.50. The number of Topliss-reactive ketones (excluding diaryl/α,β-unsaturated/α-hetero) is 1. The van der Waals surface area contributed by atoms with E-state index in [1.165, 1.54) is 25.2 Å². The van der Waals surface area contributed by atoms with E-state index in [4.69, 9.17) is 0 Å². The van der Waals surface area contributed by atoms with Gasteiger partial charge in [-0.3, -0.25) is 9.59 Å². The summed E-state index contributed by atoms with van der Waals surface area (Å²) in [7, 11) is 0. The third-order valence-corrected chi connectivity index (χ3v) is 4.39. The lowest BCUT2D eigenvalue weighted by atomic mass is 9.66.